The summed E-state index contributed by atoms with van der Waals surface area (Å²) in [5.74, 6) is 0.626. The third-order valence-corrected chi connectivity index (χ3v) is 6.55. The van der Waals surface area contributed by atoms with Crippen molar-refractivity contribution in [1.29, 1.82) is 0 Å². The van der Waals surface area contributed by atoms with Crippen LogP contribution in [0, 0.1) is 0 Å². The molecule has 3 aromatic rings. The number of hydrogen-bond acceptors (Lipinski definition) is 2. The van der Waals surface area contributed by atoms with Crippen LogP contribution in [0.5, 0.6) is 0 Å². The molecule has 0 aliphatic heterocycles. The van der Waals surface area contributed by atoms with Gasteiger partial charge in [0.2, 0.25) is 5.91 Å². The predicted octanol–water partition coefficient (Wildman–Crippen LogP) is 5.25. The molecule has 1 fully saturated rings. The number of rotatable bonds is 8. The highest BCUT2D eigenvalue weighted by Gasteiger charge is 2.44. The number of halogens is 1. The van der Waals surface area contributed by atoms with Crippen LogP contribution in [0.2, 0.25) is 5.02 Å². The number of benzene rings is 3. The first kappa shape index (κ1) is 21.6. The van der Waals surface area contributed by atoms with E-state index in [1.807, 2.05) is 62.6 Å². The molecule has 1 N–H and O–H groups in total. The Morgan fingerprint density at radius 3 is 2.00 bits per heavy atom. The average molecular weight is 433 g/mol. The van der Waals surface area contributed by atoms with Gasteiger partial charge >= 0.3 is 0 Å². The molecule has 0 saturated heterocycles. The van der Waals surface area contributed by atoms with E-state index in [1.165, 1.54) is 5.56 Å². The molecule has 0 unspecified atom stereocenters. The zero-order chi connectivity index (χ0) is 21.8. The fourth-order valence-corrected chi connectivity index (χ4v) is 4.71. The number of carbonyl (C=O) groups excluding carboxylic acids is 1. The zero-order valence-electron chi connectivity index (χ0n) is 18.1. The Bertz CT molecular complexity index is 963. The van der Waals surface area contributed by atoms with Crippen molar-refractivity contribution in [2.24, 2.45) is 0 Å². The highest BCUT2D eigenvalue weighted by Crippen LogP contribution is 2.42. The van der Waals surface area contributed by atoms with E-state index < -0.39 is 5.41 Å². The van der Waals surface area contributed by atoms with E-state index in [4.69, 9.17) is 11.6 Å². The Balaban J connectivity index is 1.56. The molecule has 0 aromatic heterocycles. The van der Waals surface area contributed by atoms with E-state index >= 15 is 0 Å². The van der Waals surface area contributed by atoms with Gasteiger partial charge in [0, 0.05) is 31.1 Å². The highest BCUT2D eigenvalue weighted by molar-refractivity contribution is 6.30. The van der Waals surface area contributed by atoms with Crippen LogP contribution < -0.4 is 5.32 Å². The Morgan fingerprint density at radius 2 is 1.48 bits per heavy atom. The fourth-order valence-electron chi connectivity index (χ4n) is 4.58. The first-order valence-corrected chi connectivity index (χ1v) is 11.2. The molecule has 1 aliphatic carbocycles. The van der Waals surface area contributed by atoms with Crippen LogP contribution >= 0.6 is 11.6 Å². The third kappa shape index (κ3) is 4.53. The maximum atomic E-state index is 13.7. The van der Waals surface area contributed by atoms with Gasteiger partial charge in [0.15, 0.2) is 0 Å². The van der Waals surface area contributed by atoms with E-state index in [0.29, 0.717) is 18.4 Å². The number of amides is 1. The van der Waals surface area contributed by atoms with Crippen molar-refractivity contribution in [2.75, 3.05) is 20.6 Å². The minimum Gasteiger partial charge on any atom is -0.348 e. The molecule has 3 aromatic carbocycles. The van der Waals surface area contributed by atoms with Crippen LogP contribution in [0.3, 0.4) is 0 Å². The lowest BCUT2D eigenvalue weighted by atomic mass is 9.71. The molecular weight excluding hydrogens is 404 g/mol. The van der Waals surface area contributed by atoms with Gasteiger partial charge in [-0.15, -0.1) is 0 Å². The molecule has 31 heavy (non-hydrogen) atoms. The standard InChI is InChI=1S/C27H29ClN2O/c1-30(2)26(31)27(21-9-5-3-6-10-21,22-11-7-4-8-12-22)17-18-29-25-19-24(25)20-13-15-23(28)16-14-20/h3-16,24-25,29H,17-19H2,1-2H3/t24-,25+/m0/s1. The van der Waals surface area contributed by atoms with Crippen LogP contribution in [-0.4, -0.2) is 37.5 Å². The third-order valence-electron chi connectivity index (χ3n) is 6.30. The van der Waals surface area contributed by atoms with Crippen molar-refractivity contribution in [3.63, 3.8) is 0 Å². The quantitative estimate of drug-likeness (QED) is 0.527. The van der Waals surface area contributed by atoms with Crippen molar-refractivity contribution < 1.29 is 4.79 Å². The second-order valence-corrected chi connectivity index (χ2v) is 8.98. The minimum atomic E-state index is -0.719. The van der Waals surface area contributed by atoms with E-state index in [9.17, 15) is 4.79 Å². The first-order chi connectivity index (χ1) is 15.0. The van der Waals surface area contributed by atoms with Gasteiger partial charge in [0.25, 0.3) is 0 Å². The summed E-state index contributed by atoms with van der Waals surface area (Å²) in [6.07, 6.45) is 1.81. The molecule has 1 aliphatic rings. The second kappa shape index (κ2) is 9.25. The summed E-state index contributed by atoms with van der Waals surface area (Å²) in [6.45, 7) is 0.762. The van der Waals surface area contributed by atoms with Gasteiger partial charge in [-0.25, -0.2) is 0 Å². The molecule has 1 saturated carbocycles. The van der Waals surface area contributed by atoms with Crippen LogP contribution in [0.15, 0.2) is 84.9 Å². The molecule has 0 radical (unpaired) electrons. The zero-order valence-corrected chi connectivity index (χ0v) is 18.8. The molecule has 0 bridgehead atoms. The average Bonchev–Trinajstić information content (AvgIpc) is 3.57. The molecule has 4 rings (SSSR count). The maximum absolute atomic E-state index is 13.7. The van der Waals surface area contributed by atoms with Crippen molar-refractivity contribution in [2.45, 2.75) is 30.2 Å². The molecule has 0 heterocycles. The van der Waals surface area contributed by atoms with E-state index in [0.717, 1.165) is 29.1 Å². The largest absolute Gasteiger partial charge is 0.348 e. The summed E-state index contributed by atoms with van der Waals surface area (Å²) in [4.78, 5) is 15.4. The SMILES string of the molecule is CN(C)C(=O)C(CCN[C@@H]1C[C@H]1c1ccc(Cl)cc1)(c1ccccc1)c1ccccc1. The van der Waals surface area contributed by atoms with Gasteiger partial charge in [-0.05, 0) is 48.2 Å². The van der Waals surface area contributed by atoms with Crippen molar-refractivity contribution in [3.8, 4) is 0 Å². The van der Waals surface area contributed by atoms with E-state index in [1.54, 1.807) is 4.90 Å². The van der Waals surface area contributed by atoms with Gasteiger partial charge in [-0.2, -0.15) is 0 Å². The Kier molecular flexibility index (Phi) is 6.45. The molecule has 3 nitrogen and oxygen atoms in total. The van der Waals surface area contributed by atoms with E-state index in [2.05, 4.69) is 41.7 Å². The molecular formula is C27H29ClN2O. The van der Waals surface area contributed by atoms with Crippen LogP contribution in [-0.2, 0) is 10.2 Å². The fraction of sp³-hybridized carbons (Fsp3) is 0.296. The second-order valence-electron chi connectivity index (χ2n) is 8.54. The summed E-state index contributed by atoms with van der Waals surface area (Å²) in [5.41, 5.74) is 2.67. The maximum Gasteiger partial charge on any atom is 0.237 e. The molecule has 0 spiro atoms. The minimum absolute atomic E-state index is 0.108. The van der Waals surface area contributed by atoms with Crippen LogP contribution in [0.25, 0.3) is 0 Å². The number of nitrogens with one attached hydrogen (secondary N) is 1. The van der Waals surface area contributed by atoms with Crippen molar-refractivity contribution in [3.05, 3.63) is 107 Å². The summed E-state index contributed by atoms with van der Waals surface area (Å²) < 4.78 is 0. The predicted molar refractivity (Wildman–Crippen MR) is 128 cm³/mol. The molecule has 160 valence electrons. The normalized spacial score (nSPS) is 17.9. The Morgan fingerprint density at radius 1 is 0.935 bits per heavy atom. The lowest BCUT2D eigenvalue weighted by Gasteiger charge is -2.36. The van der Waals surface area contributed by atoms with Crippen LogP contribution in [0.1, 0.15) is 35.4 Å². The van der Waals surface area contributed by atoms with E-state index in [-0.39, 0.29) is 5.91 Å². The van der Waals surface area contributed by atoms with Gasteiger partial charge in [-0.1, -0.05) is 84.4 Å². The van der Waals surface area contributed by atoms with Gasteiger partial charge in [0.1, 0.15) is 5.41 Å². The summed E-state index contributed by atoms with van der Waals surface area (Å²) in [6, 6.07) is 28.9. The highest BCUT2D eigenvalue weighted by atomic mass is 35.5. The summed E-state index contributed by atoms with van der Waals surface area (Å²) in [5, 5.41) is 4.47. The first-order valence-electron chi connectivity index (χ1n) is 10.8. The van der Waals surface area contributed by atoms with Crippen molar-refractivity contribution in [1.82, 2.24) is 10.2 Å². The smallest absolute Gasteiger partial charge is 0.237 e. The topological polar surface area (TPSA) is 32.3 Å². The summed E-state index contributed by atoms with van der Waals surface area (Å²) >= 11 is 6.03. The molecule has 1 amide bonds. The van der Waals surface area contributed by atoms with Crippen molar-refractivity contribution >= 4 is 17.5 Å². The van der Waals surface area contributed by atoms with Crippen LogP contribution in [0.4, 0.5) is 0 Å². The number of nitrogens with zero attached hydrogens (tertiary/aromatic N) is 1. The van der Waals surface area contributed by atoms with Gasteiger partial charge in [0.05, 0.1) is 0 Å². The molecule has 4 heteroatoms. The molecule has 2 atom stereocenters. The van der Waals surface area contributed by atoms with Gasteiger partial charge in [-0.3, -0.25) is 4.79 Å². The number of carbonyl (C=O) groups is 1. The van der Waals surface area contributed by atoms with Gasteiger partial charge < -0.3 is 10.2 Å². The lowest BCUT2D eigenvalue weighted by molar-refractivity contribution is -0.133. The Hall–Kier alpha value is -2.62. The number of hydrogen-bond donors (Lipinski definition) is 1. The summed E-state index contributed by atoms with van der Waals surface area (Å²) in [7, 11) is 3.68. The Labute approximate surface area is 190 Å². The lowest BCUT2D eigenvalue weighted by Crippen LogP contribution is -2.46. The number of likely N-dealkylation sites (N-methyl/N-ethyl adjacent to an activating group) is 1. The monoisotopic (exact) mass is 432 g/mol.